The smallest absolute Gasteiger partial charge is 0.227 e. The third-order valence-corrected chi connectivity index (χ3v) is 6.70. The molecule has 0 bridgehead atoms. The van der Waals surface area contributed by atoms with Gasteiger partial charge in [0.05, 0.1) is 19.2 Å². The second-order valence-electron chi connectivity index (χ2n) is 8.12. The Balaban J connectivity index is 1.39. The molecule has 1 aromatic carbocycles. The molecule has 3 heterocycles. The lowest BCUT2D eigenvalue weighted by Gasteiger charge is -2.39. The number of hydrogen-bond acceptors (Lipinski definition) is 6. The Morgan fingerprint density at radius 2 is 2.13 bits per heavy atom. The molecule has 1 amide bonds. The van der Waals surface area contributed by atoms with E-state index in [0.717, 1.165) is 30.7 Å². The van der Waals surface area contributed by atoms with Crippen LogP contribution in [-0.4, -0.2) is 43.0 Å². The van der Waals surface area contributed by atoms with Crippen molar-refractivity contribution in [2.75, 3.05) is 27.2 Å². The number of methoxy groups -OCH3 is 1. The summed E-state index contributed by atoms with van der Waals surface area (Å²) in [5.74, 6) is 2.47. The van der Waals surface area contributed by atoms with E-state index in [4.69, 9.17) is 9.15 Å². The van der Waals surface area contributed by atoms with Gasteiger partial charge >= 0.3 is 0 Å². The lowest BCUT2D eigenvalue weighted by molar-refractivity contribution is -0.120. The van der Waals surface area contributed by atoms with E-state index < -0.39 is 0 Å². The molecule has 2 aromatic heterocycles. The Labute approximate surface area is 187 Å². The minimum atomic E-state index is -0.0185. The fraction of sp³-hybridized carbons (Fsp3) is 0.417. The highest BCUT2D eigenvalue weighted by Gasteiger charge is 2.30. The summed E-state index contributed by atoms with van der Waals surface area (Å²) in [4.78, 5) is 19.6. The SMILES string of the molecule is COc1ccc(C2C(CNC(=O)Cc3nc(-c4ccsc4)oc3C)CCCN2C)cc1. The van der Waals surface area contributed by atoms with Crippen LogP contribution in [0.1, 0.15) is 35.9 Å². The number of likely N-dealkylation sites (tertiary alicyclic amines) is 1. The minimum absolute atomic E-state index is 0.0185. The van der Waals surface area contributed by atoms with Crippen LogP contribution in [0.4, 0.5) is 0 Å². The minimum Gasteiger partial charge on any atom is -0.497 e. The van der Waals surface area contributed by atoms with E-state index in [1.165, 1.54) is 5.56 Å². The number of aromatic nitrogens is 1. The zero-order valence-electron chi connectivity index (χ0n) is 18.3. The predicted molar refractivity (Wildman–Crippen MR) is 122 cm³/mol. The molecular formula is C24H29N3O3S. The Hall–Kier alpha value is -2.64. The Morgan fingerprint density at radius 1 is 1.32 bits per heavy atom. The molecule has 0 saturated carbocycles. The topological polar surface area (TPSA) is 67.6 Å². The number of hydrogen-bond donors (Lipinski definition) is 1. The van der Waals surface area contributed by atoms with Crippen LogP contribution in [-0.2, 0) is 11.2 Å². The molecule has 1 saturated heterocycles. The fourth-order valence-electron chi connectivity index (χ4n) is 4.36. The van der Waals surface area contributed by atoms with Crippen molar-refractivity contribution < 1.29 is 13.9 Å². The predicted octanol–water partition coefficient (Wildman–Crippen LogP) is 4.46. The van der Waals surface area contributed by atoms with E-state index in [0.29, 0.717) is 29.8 Å². The van der Waals surface area contributed by atoms with Crippen LogP contribution < -0.4 is 10.1 Å². The molecule has 2 atom stereocenters. The largest absolute Gasteiger partial charge is 0.497 e. The van der Waals surface area contributed by atoms with Crippen molar-refractivity contribution in [3.8, 4) is 17.2 Å². The summed E-state index contributed by atoms with van der Waals surface area (Å²) in [5, 5.41) is 7.13. The Bertz CT molecular complexity index is 998. The third-order valence-electron chi connectivity index (χ3n) is 6.01. The van der Waals surface area contributed by atoms with Gasteiger partial charge in [0, 0.05) is 23.5 Å². The first-order valence-corrected chi connectivity index (χ1v) is 11.6. The molecule has 1 N–H and O–H groups in total. The normalized spacial score (nSPS) is 19.3. The van der Waals surface area contributed by atoms with Gasteiger partial charge in [-0.05, 0) is 68.4 Å². The van der Waals surface area contributed by atoms with Gasteiger partial charge in [-0.2, -0.15) is 11.3 Å². The highest BCUT2D eigenvalue weighted by molar-refractivity contribution is 7.08. The van der Waals surface area contributed by atoms with E-state index >= 15 is 0 Å². The van der Waals surface area contributed by atoms with Gasteiger partial charge in [-0.15, -0.1) is 0 Å². The number of ether oxygens (including phenoxy) is 1. The molecule has 6 nitrogen and oxygen atoms in total. The molecule has 2 unspecified atom stereocenters. The number of nitrogens with zero attached hydrogens (tertiary/aromatic N) is 2. The maximum atomic E-state index is 12.7. The van der Waals surface area contributed by atoms with E-state index in [-0.39, 0.29) is 18.4 Å². The van der Waals surface area contributed by atoms with Crippen LogP contribution in [0.2, 0.25) is 0 Å². The highest BCUT2D eigenvalue weighted by Crippen LogP contribution is 2.35. The first-order valence-electron chi connectivity index (χ1n) is 10.6. The standard InChI is InChI=1S/C24H29N3O3S/c1-16-21(26-24(30-16)19-10-12-31-15-19)13-22(28)25-14-18-5-4-11-27(2)23(18)17-6-8-20(29-3)9-7-17/h6-10,12,15,18,23H,4-5,11,13-14H2,1-3H3,(H,25,28). The summed E-state index contributed by atoms with van der Waals surface area (Å²) >= 11 is 1.60. The van der Waals surface area contributed by atoms with E-state index in [9.17, 15) is 4.79 Å². The number of nitrogens with one attached hydrogen (secondary N) is 1. The van der Waals surface area contributed by atoms with Crippen molar-refractivity contribution in [1.82, 2.24) is 15.2 Å². The van der Waals surface area contributed by atoms with Crippen molar-refractivity contribution in [2.45, 2.75) is 32.2 Å². The van der Waals surface area contributed by atoms with Crippen LogP contribution >= 0.6 is 11.3 Å². The quantitative estimate of drug-likeness (QED) is 0.589. The van der Waals surface area contributed by atoms with Crippen LogP contribution in [0.5, 0.6) is 5.75 Å². The summed E-state index contributed by atoms with van der Waals surface area (Å²) in [6, 6.07) is 10.5. The summed E-state index contributed by atoms with van der Waals surface area (Å²) in [7, 11) is 3.84. The summed E-state index contributed by atoms with van der Waals surface area (Å²) in [6.07, 6.45) is 2.46. The van der Waals surface area contributed by atoms with Crippen molar-refractivity contribution in [2.24, 2.45) is 5.92 Å². The molecule has 0 aliphatic carbocycles. The number of rotatable bonds is 7. The Morgan fingerprint density at radius 3 is 2.84 bits per heavy atom. The lowest BCUT2D eigenvalue weighted by Crippen LogP contribution is -2.42. The number of carbonyl (C=O) groups excluding carboxylic acids is 1. The van der Waals surface area contributed by atoms with Gasteiger partial charge in [-0.3, -0.25) is 9.69 Å². The molecule has 164 valence electrons. The van der Waals surface area contributed by atoms with Crippen LogP contribution in [0.15, 0.2) is 45.5 Å². The van der Waals surface area contributed by atoms with Gasteiger partial charge in [-0.25, -0.2) is 4.98 Å². The van der Waals surface area contributed by atoms with Gasteiger partial charge in [0.25, 0.3) is 0 Å². The first-order chi connectivity index (χ1) is 15.0. The third kappa shape index (κ3) is 4.99. The van der Waals surface area contributed by atoms with Gasteiger partial charge in [0.1, 0.15) is 11.5 Å². The zero-order valence-corrected chi connectivity index (χ0v) is 19.1. The second-order valence-corrected chi connectivity index (χ2v) is 8.90. The molecule has 0 radical (unpaired) electrons. The first kappa shape index (κ1) is 21.6. The molecular weight excluding hydrogens is 410 g/mol. The molecule has 1 aliphatic heterocycles. The monoisotopic (exact) mass is 439 g/mol. The number of oxazole rings is 1. The van der Waals surface area contributed by atoms with Crippen LogP contribution in [0.25, 0.3) is 11.5 Å². The van der Waals surface area contributed by atoms with Crippen LogP contribution in [0.3, 0.4) is 0 Å². The van der Waals surface area contributed by atoms with Gasteiger partial charge in [0.15, 0.2) is 0 Å². The lowest BCUT2D eigenvalue weighted by atomic mass is 9.85. The average Bonchev–Trinajstić information content (AvgIpc) is 3.43. The van der Waals surface area contributed by atoms with E-state index in [1.807, 2.05) is 35.9 Å². The van der Waals surface area contributed by atoms with E-state index in [1.54, 1.807) is 18.4 Å². The molecule has 0 spiro atoms. The van der Waals surface area contributed by atoms with Crippen LogP contribution in [0, 0.1) is 12.8 Å². The molecule has 31 heavy (non-hydrogen) atoms. The fourth-order valence-corrected chi connectivity index (χ4v) is 4.99. The number of thiophene rings is 1. The number of benzene rings is 1. The van der Waals surface area contributed by atoms with Crippen molar-refractivity contribution >= 4 is 17.2 Å². The number of piperidine rings is 1. The van der Waals surface area contributed by atoms with Crippen molar-refractivity contribution in [3.05, 3.63) is 58.1 Å². The van der Waals surface area contributed by atoms with Gasteiger partial charge in [0.2, 0.25) is 11.8 Å². The van der Waals surface area contributed by atoms with Crippen molar-refractivity contribution in [1.29, 1.82) is 0 Å². The highest BCUT2D eigenvalue weighted by atomic mass is 32.1. The summed E-state index contributed by atoms with van der Waals surface area (Å²) in [5.41, 5.74) is 2.91. The Kier molecular flexibility index (Phi) is 6.73. The maximum Gasteiger partial charge on any atom is 0.227 e. The number of aryl methyl sites for hydroxylation is 1. The molecule has 4 rings (SSSR count). The average molecular weight is 440 g/mol. The van der Waals surface area contributed by atoms with E-state index in [2.05, 4.69) is 34.4 Å². The summed E-state index contributed by atoms with van der Waals surface area (Å²) < 4.78 is 11.1. The van der Waals surface area contributed by atoms with Gasteiger partial charge < -0.3 is 14.5 Å². The number of carbonyl (C=O) groups is 1. The second kappa shape index (κ2) is 9.66. The molecule has 7 heteroatoms. The molecule has 3 aromatic rings. The molecule has 1 aliphatic rings. The maximum absolute atomic E-state index is 12.7. The summed E-state index contributed by atoms with van der Waals surface area (Å²) in [6.45, 7) is 3.57. The number of amides is 1. The molecule has 1 fully saturated rings. The van der Waals surface area contributed by atoms with Crippen molar-refractivity contribution in [3.63, 3.8) is 0 Å². The van der Waals surface area contributed by atoms with Gasteiger partial charge in [-0.1, -0.05) is 12.1 Å². The zero-order chi connectivity index (χ0) is 21.8.